The fraction of sp³-hybridized carbons (Fsp3) is 1.00. The van der Waals surface area contributed by atoms with Crippen LogP contribution in [0.15, 0.2) is 0 Å². The molecule has 3 heteroatoms. The second-order valence-corrected chi connectivity index (χ2v) is 5.32. The van der Waals surface area contributed by atoms with E-state index in [0.717, 1.165) is 38.6 Å². The van der Waals surface area contributed by atoms with Gasteiger partial charge >= 0.3 is 0 Å². The molecule has 0 aliphatic carbocycles. The molecule has 2 unspecified atom stereocenters. The number of hydrogen-bond acceptors (Lipinski definition) is 3. The lowest BCUT2D eigenvalue weighted by molar-refractivity contribution is 0.0244. The maximum absolute atomic E-state index is 6.17. The van der Waals surface area contributed by atoms with Crippen LogP contribution < -0.4 is 5.73 Å². The molecule has 1 aliphatic heterocycles. The molecule has 0 aromatic rings. The van der Waals surface area contributed by atoms with Gasteiger partial charge in [-0.25, -0.2) is 0 Å². The Hall–Kier alpha value is -0.120. The average molecular weight is 242 g/mol. The van der Waals surface area contributed by atoms with Crippen LogP contribution >= 0.6 is 0 Å². The first-order chi connectivity index (χ1) is 8.21. The second-order valence-electron chi connectivity index (χ2n) is 5.32. The van der Waals surface area contributed by atoms with Crippen molar-refractivity contribution < 1.29 is 4.74 Å². The van der Waals surface area contributed by atoms with Gasteiger partial charge in [0.1, 0.15) is 0 Å². The van der Waals surface area contributed by atoms with E-state index in [4.69, 9.17) is 10.5 Å². The van der Waals surface area contributed by atoms with Gasteiger partial charge in [0.05, 0.1) is 6.61 Å². The number of nitrogens with zero attached hydrogens (tertiary/aromatic N) is 1. The van der Waals surface area contributed by atoms with Crippen LogP contribution in [0, 0.1) is 11.8 Å². The van der Waals surface area contributed by atoms with Gasteiger partial charge in [-0.2, -0.15) is 0 Å². The van der Waals surface area contributed by atoms with Gasteiger partial charge in [0, 0.05) is 31.7 Å². The molecular weight excluding hydrogens is 212 g/mol. The van der Waals surface area contributed by atoms with E-state index in [1.165, 1.54) is 19.4 Å². The van der Waals surface area contributed by atoms with Crippen molar-refractivity contribution >= 4 is 0 Å². The standard InChI is InChI=1S/C14H30N2O/c1-4-12(5-2)9-16(6-3)10-13-11-17-8-7-14(13)15/h12-14H,4-11,15H2,1-3H3. The normalized spacial score (nSPS) is 25.8. The van der Waals surface area contributed by atoms with Gasteiger partial charge in [0.2, 0.25) is 0 Å². The first-order valence-electron chi connectivity index (χ1n) is 7.26. The highest BCUT2D eigenvalue weighted by Gasteiger charge is 2.24. The summed E-state index contributed by atoms with van der Waals surface area (Å²) in [6.07, 6.45) is 3.58. The summed E-state index contributed by atoms with van der Waals surface area (Å²) >= 11 is 0. The summed E-state index contributed by atoms with van der Waals surface area (Å²) in [5.74, 6) is 1.36. The lowest BCUT2D eigenvalue weighted by atomic mass is 9.95. The Labute approximate surface area is 107 Å². The molecule has 0 radical (unpaired) electrons. The molecule has 0 bridgehead atoms. The van der Waals surface area contributed by atoms with E-state index in [2.05, 4.69) is 25.7 Å². The van der Waals surface area contributed by atoms with E-state index in [0.29, 0.717) is 12.0 Å². The zero-order valence-electron chi connectivity index (χ0n) is 11.8. The Kier molecular flexibility index (Phi) is 7.09. The van der Waals surface area contributed by atoms with Gasteiger partial charge in [0.15, 0.2) is 0 Å². The zero-order valence-corrected chi connectivity index (χ0v) is 11.8. The Balaban J connectivity index is 2.39. The molecule has 1 heterocycles. The van der Waals surface area contributed by atoms with Crippen molar-refractivity contribution in [1.82, 2.24) is 4.90 Å². The first-order valence-corrected chi connectivity index (χ1v) is 7.26. The maximum Gasteiger partial charge on any atom is 0.0521 e. The molecule has 0 saturated carbocycles. The van der Waals surface area contributed by atoms with Crippen molar-refractivity contribution in [1.29, 1.82) is 0 Å². The lowest BCUT2D eigenvalue weighted by Crippen LogP contribution is -2.46. The number of ether oxygens (including phenoxy) is 1. The summed E-state index contributed by atoms with van der Waals surface area (Å²) in [6.45, 7) is 12.0. The number of hydrogen-bond donors (Lipinski definition) is 1. The molecule has 1 saturated heterocycles. The topological polar surface area (TPSA) is 38.5 Å². The molecule has 0 amide bonds. The highest BCUT2D eigenvalue weighted by Crippen LogP contribution is 2.16. The predicted octanol–water partition coefficient (Wildman–Crippen LogP) is 2.11. The summed E-state index contributed by atoms with van der Waals surface area (Å²) in [4.78, 5) is 2.55. The summed E-state index contributed by atoms with van der Waals surface area (Å²) < 4.78 is 5.55. The fourth-order valence-corrected chi connectivity index (χ4v) is 2.58. The first kappa shape index (κ1) is 14.9. The molecule has 0 aromatic carbocycles. The van der Waals surface area contributed by atoms with E-state index in [1.807, 2.05) is 0 Å². The molecule has 102 valence electrons. The van der Waals surface area contributed by atoms with Gasteiger partial charge < -0.3 is 15.4 Å². The van der Waals surface area contributed by atoms with E-state index in [9.17, 15) is 0 Å². The van der Waals surface area contributed by atoms with Crippen molar-refractivity contribution in [3.05, 3.63) is 0 Å². The van der Waals surface area contributed by atoms with Crippen LogP contribution in [0.25, 0.3) is 0 Å². The summed E-state index contributed by atoms with van der Waals surface area (Å²) in [7, 11) is 0. The minimum Gasteiger partial charge on any atom is -0.381 e. The van der Waals surface area contributed by atoms with E-state index < -0.39 is 0 Å². The van der Waals surface area contributed by atoms with E-state index in [1.54, 1.807) is 0 Å². The Morgan fingerprint density at radius 1 is 1.29 bits per heavy atom. The van der Waals surface area contributed by atoms with Crippen LogP contribution in [-0.4, -0.2) is 43.8 Å². The molecule has 1 aliphatic rings. The second kappa shape index (κ2) is 8.06. The van der Waals surface area contributed by atoms with E-state index in [-0.39, 0.29) is 0 Å². The lowest BCUT2D eigenvalue weighted by Gasteiger charge is -2.34. The predicted molar refractivity (Wildman–Crippen MR) is 73.1 cm³/mol. The fourth-order valence-electron chi connectivity index (χ4n) is 2.58. The molecule has 1 fully saturated rings. The quantitative estimate of drug-likeness (QED) is 0.743. The molecule has 0 spiro atoms. The van der Waals surface area contributed by atoms with Crippen molar-refractivity contribution in [2.45, 2.75) is 46.1 Å². The summed E-state index contributed by atoms with van der Waals surface area (Å²) in [5, 5.41) is 0. The van der Waals surface area contributed by atoms with Crippen molar-refractivity contribution in [3.63, 3.8) is 0 Å². The zero-order chi connectivity index (χ0) is 12.7. The molecule has 0 aromatic heterocycles. The smallest absolute Gasteiger partial charge is 0.0521 e. The molecule has 3 nitrogen and oxygen atoms in total. The monoisotopic (exact) mass is 242 g/mol. The highest BCUT2D eigenvalue weighted by molar-refractivity contribution is 4.79. The van der Waals surface area contributed by atoms with Crippen molar-refractivity contribution in [2.75, 3.05) is 32.8 Å². The van der Waals surface area contributed by atoms with Crippen LogP contribution in [0.3, 0.4) is 0 Å². The van der Waals surface area contributed by atoms with Crippen LogP contribution in [0.2, 0.25) is 0 Å². The van der Waals surface area contributed by atoms with Crippen LogP contribution in [0.4, 0.5) is 0 Å². The molecule has 1 rings (SSSR count). The minimum atomic E-state index is 0.333. The summed E-state index contributed by atoms with van der Waals surface area (Å²) in [6, 6.07) is 0.333. The van der Waals surface area contributed by atoms with Gasteiger partial charge in [-0.1, -0.05) is 33.6 Å². The van der Waals surface area contributed by atoms with Gasteiger partial charge in [-0.15, -0.1) is 0 Å². The number of rotatable bonds is 7. The molecular formula is C14H30N2O. The molecule has 2 N–H and O–H groups in total. The van der Waals surface area contributed by atoms with Crippen LogP contribution in [0.1, 0.15) is 40.0 Å². The van der Waals surface area contributed by atoms with Gasteiger partial charge in [0.25, 0.3) is 0 Å². The average Bonchev–Trinajstić information content (AvgIpc) is 2.36. The van der Waals surface area contributed by atoms with Gasteiger partial charge in [-0.3, -0.25) is 0 Å². The van der Waals surface area contributed by atoms with Gasteiger partial charge in [-0.05, 0) is 18.9 Å². The molecule has 17 heavy (non-hydrogen) atoms. The maximum atomic E-state index is 6.17. The van der Waals surface area contributed by atoms with Crippen LogP contribution in [-0.2, 0) is 4.74 Å². The SMILES string of the molecule is CCC(CC)CN(CC)CC1COCCC1N. The third-order valence-corrected chi connectivity index (χ3v) is 4.14. The van der Waals surface area contributed by atoms with E-state index >= 15 is 0 Å². The Bertz CT molecular complexity index is 195. The summed E-state index contributed by atoms with van der Waals surface area (Å²) in [5.41, 5.74) is 6.17. The highest BCUT2D eigenvalue weighted by atomic mass is 16.5. The largest absolute Gasteiger partial charge is 0.381 e. The van der Waals surface area contributed by atoms with Crippen molar-refractivity contribution in [2.24, 2.45) is 17.6 Å². The van der Waals surface area contributed by atoms with Crippen molar-refractivity contribution in [3.8, 4) is 0 Å². The Morgan fingerprint density at radius 3 is 2.53 bits per heavy atom. The number of nitrogens with two attached hydrogens (primary N) is 1. The minimum absolute atomic E-state index is 0.333. The van der Waals surface area contributed by atoms with Crippen LogP contribution in [0.5, 0.6) is 0 Å². The molecule has 2 atom stereocenters. The third-order valence-electron chi connectivity index (χ3n) is 4.14. The Morgan fingerprint density at radius 2 is 2.00 bits per heavy atom. The third kappa shape index (κ3) is 4.94.